The molecule has 0 saturated heterocycles. The zero-order valence-electron chi connectivity index (χ0n) is 56.7. The summed E-state index contributed by atoms with van der Waals surface area (Å²) in [4.78, 5) is 84.0. The molecule has 0 spiro atoms. The van der Waals surface area contributed by atoms with Gasteiger partial charge in [0, 0.05) is 55.3 Å². The molecule has 6 rings (SSSR count). The van der Waals surface area contributed by atoms with Crippen LogP contribution in [0.25, 0.3) is 0 Å². The van der Waals surface area contributed by atoms with E-state index in [1.165, 1.54) is 0 Å². The van der Waals surface area contributed by atoms with Gasteiger partial charge >= 0.3 is 17.9 Å². The van der Waals surface area contributed by atoms with Gasteiger partial charge in [0.2, 0.25) is 17.7 Å². The molecule has 492 valence electrons. The molecule has 3 aliphatic rings. The van der Waals surface area contributed by atoms with Gasteiger partial charge in [-0.3, -0.25) is 14.4 Å². The van der Waals surface area contributed by atoms with Crippen molar-refractivity contribution in [3.8, 4) is 35.5 Å². The van der Waals surface area contributed by atoms with Crippen molar-refractivity contribution < 1.29 is 58.3 Å². The first-order chi connectivity index (χ1) is 41.5. The lowest BCUT2D eigenvalue weighted by Crippen LogP contribution is -2.49. The number of methoxy groups -OCH3 is 3. The minimum Gasteiger partial charge on any atom is -0.477 e. The molecule has 3 aromatic heterocycles. The van der Waals surface area contributed by atoms with Crippen LogP contribution in [-0.2, 0) is 28.6 Å². The van der Waals surface area contributed by atoms with Gasteiger partial charge < -0.3 is 44.2 Å². The normalized spacial score (nSPS) is 20.4. The molecular formula is C71H103N3O12S3. The summed E-state index contributed by atoms with van der Waals surface area (Å²) in [6, 6.07) is 5.03. The number of thiophene rings is 3. The Morgan fingerprint density at radius 3 is 1.02 bits per heavy atom. The molecule has 0 radical (unpaired) electrons. The second kappa shape index (κ2) is 34.2. The van der Waals surface area contributed by atoms with Crippen LogP contribution in [0.15, 0.2) is 18.2 Å². The lowest BCUT2D eigenvalue weighted by atomic mass is 9.82. The summed E-state index contributed by atoms with van der Waals surface area (Å²) in [5.41, 5.74) is 0.758. The molecule has 3 N–H and O–H groups in total. The van der Waals surface area contributed by atoms with Crippen molar-refractivity contribution in [1.29, 1.82) is 0 Å². The van der Waals surface area contributed by atoms with E-state index in [0.717, 1.165) is 111 Å². The van der Waals surface area contributed by atoms with Gasteiger partial charge in [-0.15, -0.1) is 34.0 Å². The van der Waals surface area contributed by atoms with Crippen LogP contribution >= 0.6 is 34.0 Å². The van der Waals surface area contributed by atoms with E-state index in [1.54, 1.807) is 54.2 Å². The van der Waals surface area contributed by atoms with Crippen LogP contribution in [0.4, 0.5) is 17.1 Å². The predicted octanol–water partition coefficient (Wildman–Crippen LogP) is 15.8. The zero-order valence-corrected chi connectivity index (χ0v) is 59.1. The minimum atomic E-state index is -1.03. The lowest BCUT2D eigenvalue weighted by molar-refractivity contribution is -0.125. The van der Waals surface area contributed by atoms with Crippen LogP contribution < -0.4 is 14.7 Å². The molecule has 15 nitrogen and oxygen atoms in total. The molecule has 3 aliphatic carbocycles. The lowest BCUT2D eigenvalue weighted by Gasteiger charge is -2.37. The van der Waals surface area contributed by atoms with E-state index in [0.29, 0.717) is 69.1 Å². The van der Waals surface area contributed by atoms with E-state index < -0.39 is 17.9 Å². The monoisotopic (exact) mass is 1290 g/mol. The predicted molar refractivity (Wildman–Crippen MR) is 362 cm³/mol. The molecule has 89 heavy (non-hydrogen) atoms. The number of hydrogen-bond acceptors (Lipinski definition) is 12. The number of hydrogen-bond donors (Lipinski definition) is 3. The van der Waals surface area contributed by atoms with Gasteiger partial charge in [-0.25, -0.2) is 14.4 Å². The number of carbonyl (C=O) groups excluding carboxylic acids is 3. The van der Waals surface area contributed by atoms with Crippen LogP contribution in [0.5, 0.6) is 0 Å². The van der Waals surface area contributed by atoms with Crippen molar-refractivity contribution in [2.24, 2.45) is 57.7 Å². The molecule has 3 aromatic rings. The maximum atomic E-state index is 13.8. The highest BCUT2D eigenvalue weighted by atomic mass is 32.1. The number of ether oxygens (including phenoxy) is 3. The van der Waals surface area contributed by atoms with Gasteiger partial charge in [0.25, 0.3) is 0 Å². The summed E-state index contributed by atoms with van der Waals surface area (Å²) < 4.78 is 16.2. The molecule has 0 aliphatic heterocycles. The molecular weight excluding hydrogens is 1180 g/mol. The molecule has 18 heteroatoms. The summed E-state index contributed by atoms with van der Waals surface area (Å²) in [6.07, 6.45) is 10.9. The number of aromatic carboxylic acids is 3. The Balaban J connectivity index is 0.000000286. The van der Waals surface area contributed by atoms with Crippen molar-refractivity contribution in [3.63, 3.8) is 0 Å². The average molecular weight is 1290 g/mol. The molecule has 3 heterocycles. The van der Waals surface area contributed by atoms with Crippen molar-refractivity contribution >= 4 is 86.7 Å². The van der Waals surface area contributed by atoms with E-state index in [1.807, 2.05) is 90.0 Å². The SMILES string of the molecule is COC[C@H](C(C)C)N(C(=O)C1CCC(C)CC1)c1cc(C#CC(C)(C)C)sc1C(=O)O.CO[C@@H](C)CN(C(=O)C1CCC(C)CC1)c1cc(C#CC(C)(C)C)sc1C(=O)O.CO[C@H](C)CN(C(=O)C1CCC(C)CC1)c1cc(C#CC(C)(C)C)sc1C(=O)O. The topological polar surface area (TPSA) is 201 Å². The average Bonchev–Trinajstić information content (AvgIpc) is 2.35. The third-order valence-electron chi connectivity index (χ3n) is 16.2. The number of carbonyl (C=O) groups is 6. The Bertz CT molecular complexity index is 2920. The van der Waals surface area contributed by atoms with Crippen molar-refractivity contribution in [2.75, 3.05) is 55.7 Å². The standard InChI is InChI=1S/C25H37NO4S.2C23H33NO4S/c1-16(2)21(15-30-7)26(23(27)18-10-8-17(3)9-11-18)20-14-19(12-13-25(4,5)6)31-22(20)24(28)29;2*1-15-7-9-17(10-8-15)21(25)24(14-16(2)28-6)19-13-18(11-12-23(3,4)5)29-20(19)22(26)27/h14,16-18,21H,8-11,15H2,1-7H3,(H,28,29);2*13,15-17H,7-10,14H2,1-6H3,(H,26,27)/t17?,18?,21-;2*15?,16-,17?/m110/s1. The number of rotatable bonds is 19. The maximum absolute atomic E-state index is 13.8. The first-order valence-corrected chi connectivity index (χ1v) is 34.1. The first kappa shape index (κ1) is 75.9. The number of amides is 3. The zero-order chi connectivity index (χ0) is 66.9. The Morgan fingerprint density at radius 2 is 0.764 bits per heavy atom. The summed E-state index contributed by atoms with van der Waals surface area (Å²) >= 11 is 3.40. The Kier molecular flexibility index (Phi) is 29.2. The fraction of sp³-hybridized carbons (Fsp3) is 0.662. The van der Waals surface area contributed by atoms with E-state index >= 15 is 0 Å². The summed E-state index contributed by atoms with van der Waals surface area (Å²) in [7, 11) is 4.81. The smallest absolute Gasteiger partial charge is 0.348 e. The van der Waals surface area contributed by atoms with E-state index in [2.05, 4.69) is 56.3 Å². The molecule has 0 unspecified atom stereocenters. The maximum Gasteiger partial charge on any atom is 0.348 e. The highest BCUT2D eigenvalue weighted by Crippen LogP contribution is 2.40. The van der Waals surface area contributed by atoms with Crippen LogP contribution in [-0.4, -0.2) is 110 Å². The number of carboxylic acids is 3. The second-order valence-corrected chi connectivity index (χ2v) is 31.4. The summed E-state index contributed by atoms with van der Waals surface area (Å²) in [5, 5.41) is 29.5. The third kappa shape index (κ3) is 23.9. The molecule has 0 aromatic carbocycles. The van der Waals surface area contributed by atoms with E-state index in [-0.39, 0.29) is 90.5 Å². The van der Waals surface area contributed by atoms with Crippen molar-refractivity contribution in [1.82, 2.24) is 0 Å². The number of carboxylic acid groups (broad SMARTS) is 3. The van der Waals surface area contributed by atoms with Gasteiger partial charge in [0.1, 0.15) is 14.6 Å². The van der Waals surface area contributed by atoms with E-state index in [9.17, 15) is 44.1 Å². The number of anilines is 3. The van der Waals surface area contributed by atoms with E-state index in [4.69, 9.17) is 14.2 Å². The molecule has 3 saturated carbocycles. The third-order valence-corrected chi connectivity index (χ3v) is 19.3. The first-order valence-electron chi connectivity index (χ1n) is 31.7. The highest BCUT2D eigenvalue weighted by Gasteiger charge is 2.39. The Labute approximate surface area is 544 Å². The second-order valence-electron chi connectivity index (χ2n) is 28.2. The molecule has 0 bridgehead atoms. The van der Waals surface area contributed by atoms with Gasteiger partial charge in [0.15, 0.2) is 0 Å². The highest BCUT2D eigenvalue weighted by molar-refractivity contribution is 7.15. The number of nitrogens with zero attached hydrogens (tertiary/aromatic N) is 3. The summed E-state index contributed by atoms with van der Waals surface area (Å²) in [6.45, 7) is 33.6. The molecule has 3 atom stereocenters. The molecule has 3 amide bonds. The summed E-state index contributed by atoms with van der Waals surface area (Å²) in [5.74, 6) is 17.5. The largest absolute Gasteiger partial charge is 0.477 e. The Morgan fingerprint density at radius 1 is 0.483 bits per heavy atom. The van der Waals surface area contributed by atoms with Gasteiger partial charge in [-0.2, -0.15) is 0 Å². The van der Waals surface area contributed by atoms with Gasteiger partial charge in [-0.05, 0) is 195 Å². The van der Waals surface area contributed by atoms with Gasteiger partial charge in [-0.1, -0.05) is 70.1 Å². The Hall–Kier alpha value is -5.52. The van der Waals surface area contributed by atoms with Crippen LogP contribution in [0.2, 0.25) is 0 Å². The van der Waals surface area contributed by atoms with Crippen LogP contribution in [0.3, 0.4) is 0 Å². The van der Waals surface area contributed by atoms with Crippen LogP contribution in [0.1, 0.15) is 231 Å². The van der Waals surface area contributed by atoms with Crippen molar-refractivity contribution in [2.45, 2.75) is 206 Å². The van der Waals surface area contributed by atoms with Crippen molar-refractivity contribution in [3.05, 3.63) is 47.5 Å². The fourth-order valence-corrected chi connectivity index (χ4v) is 13.3. The minimum absolute atomic E-state index is 0.00331. The fourth-order valence-electron chi connectivity index (χ4n) is 10.7. The van der Waals surface area contributed by atoms with Gasteiger partial charge in [0.05, 0.1) is 69.6 Å². The molecule has 3 fully saturated rings. The van der Waals surface area contributed by atoms with Crippen LogP contribution in [0, 0.1) is 93.2 Å². The quantitative estimate of drug-likeness (QED) is 0.0961.